The van der Waals surface area contributed by atoms with Crippen LogP contribution in [0.5, 0.6) is 0 Å². The molecule has 0 unspecified atom stereocenters. The fourth-order valence-corrected chi connectivity index (χ4v) is 2.93. The van der Waals surface area contributed by atoms with Crippen molar-refractivity contribution in [1.82, 2.24) is 0 Å². The number of benzene rings is 1. The van der Waals surface area contributed by atoms with E-state index in [1.807, 2.05) is 23.5 Å². The van der Waals surface area contributed by atoms with Crippen LogP contribution in [0, 0.1) is 6.92 Å². The highest BCUT2D eigenvalue weighted by Gasteiger charge is 2.00. The van der Waals surface area contributed by atoms with Crippen molar-refractivity contribution < 1.29 is 0 Å². The van der Waals surface area contributed by atoms with E-state index in [-0.39, 0.29) is 0 Å². The Balaban J connectivity index is 2.71. The fourth-order valence-electron chi connectivity index (χ4n) is 1.44. The number of thioether (sulfide) groups is 2. The molecule has 0 aliphatic heterocycles. The van der Waals surface area contributed by atoms with E-state index in [0.717, 1.165) is 12.8 Å². The molecule has 0 heterocycles. The first kappa shape index (κ1) is 13.7. The van der Waals surface area contributed by atoms with Gasteiger partial charge >= 0.3 is 0 Å². The normalized spacial score (nSPS) is 11.2. The van der Waals surface area contributed by atoms with Crippen molar-refractivity contribution in [2.45, 2.75) is 29.1 Å². The highest BCUT2D eigenvalue weighted by Crippen LogP contribution is 2.29. The van der Waals surface area contributed by atoms with E-state index in [1.165, 1.54) is 21.8 Å². The van der Waals surface area contributed by atoms with E-state index in [1.54, 1.807) is 0 Å². The van der Waals surface area contributed by atoms with Gasteiger partial charge in [-0.25, -0.2) is 0 Å². The van der Waals surface area contributed by atoms with Gasteiger partial charge in [-0.2, -0.15) is 0 Å². The van der Waals surface area contributed by atoms with E-state index in [4.69, 9.17) is 0 Å². The lowest BCUT2D eigenvalue weighted by molar-refractivity contribution is 0.868. The number of unbranched alkanes of at least 4 members (excludes halogenated alkanes) is 2. The monoisotopic (exact) mass is 251 g/mol. The second-order valence-electron chi connectivity index (χ2n) is 3.51. The molecule has 1 aromatic carbocycles. The summed E-state index contributed by atoms with van der Waals surface area (Å²) in [7, 11) is 0. The standard InChI is InChI=1S/C14H19S2/c1-4-5-6-7-8-12-9-10-13(15-2)14(11-12)16-3/h7-11H,1,4-6H2,2-3H3. The summed E-state index contributed by atoms with van der Waals surface area (Å²) in [4.78, 5) is 2.73. The minimum Gasteiger partial charge on any atom is -0.128 e. The molecule has 0 fully saturated rings. The summed E-state index contributed by atoms with van der Waals surface area (Å²) in [5, 5.41) is 0. The topological polar surface area (TPSA) is 0 Å². The number of rotatable bonds is 6. The van der Waals surface area contributed by atoms with Crippen LogP contribution in [0.2, 0.25) is 0 Å². The number of hydrogen-bond acceptors (Lipinski definition) is 2. The Morgan fingerprint density at radius 1 is 1.19 bits per heavy atom. The molecule has 0 spiro atoms. The molecular formula is C14H19S2. The molecule has 1 rings (SSSR count). The Morgan fingerprint density at radius 2 is 1.94 bits per heavy atom. The summed E-state index contributed by atoms with van der Waals surface area (Å²) < 4.78 is 0. The smallest absolute Gasteiger partial charge is 0.0211 e. The maximum atomic E-state index is 3.84. The van der Waals surface area contributed by atoms with Gasteiger partial charge in [0.1, 0.15) is 0 Å². The van der Waals surface area contributed by atoms with Gasteiger partial charge in [-0.15, -0.1) is 23.5 Å². The number of allylic oxidation sites excluding steroid dienone is 1. The zero-order chi connectivity index (χ0) is 11.8. The van der Waals surface area contributed by atoms with Crippen LogP contribution in [0.25, 0.3) is 6.08 Å². The minimum absolute atomic E-state index is 1.02. The van der Waals surface area contributed by atoms with Gasteiger partial charge in [-0.3, -0.25) is 0 Å². The van der Waals surface area contributed by atoms with Crippen molar-refractivity contribution in [3.8, 4) is 0 Å². The highest BCUT2D eigenvalue weighted by molar-refractivity contribution is 8.01. The van der Waals surface area contributed by atoms with Crippen LogP contribution in [-0.2, 0) is 0 Å². The molecule has 0 atom stereocenters. The predicted octanol–water partition coefficient (Wildman–Crippen LogP) is 5.15. The van der Waals surface area contributed by atoms with Gasteiger partial charge < -0.3 is 0 Å². The predicted molar refractivity (Wildman–Crippen MR) is 78.2 cm³/mol. The van der Waals surface area contributed by atoms with Gasteiger partial charge in [0, 0.05) is 9.79 Å². The van der Waals surface area contributed by atoms with E-state index >= 15 is 0 Å². The van der Waals surface area contributed by atoms with Gasteiger partial charge in [0.2, 0.25) is 0 Å². The van der Waals surface area contributed by atoms with E-state index in [0.29, 0.717) is 0 Å². The third-order valence-corrected chi connectivity index (χ3v) is 4.04. The summed E-state index contributed by atoms with van der Waals surface area (Å²) in [6, 6.07) is 6.65. The largest absolute Gasteiger partial charge is 0.128 e. The molecule has 0 aromatic heterocycles. The number of hydrogen-bond donors (Lipinski definition) is 0. The van der Waals surface area contributed by atoms with Gasteiger partial charge in [0.05, 0.1) is 0 Å². The van der Waals surface area contributed by atoms with Crippen molar-refractivity contribution in [2.75, 3.05) is 12.5 Å². The van der Waals surface area contributed by atoms with Crippen LogP contribution in [0.3, 0.4) is 0 Å². The third-order valence-electron chi connectivity index (χ3n) is 2.34. The first-order valence-electron chi connectivity index (χ1n) is 5.49. The molecule has 0 aliphatic carbocycles. The van der Waals surface area contributed by atoms with E-state index in [9.17, 15) is 0 Å². The van der Waals surface area contributed by atoms with Crippen LogP contribution in [0.1, 0.15) is 24.8 Å². The Morgan fingerprint density at radius 3 is 2.56 bits per heavy atom. The second kappa shape index (κ2) is 7.86. The maximum absolute atomic E-state index is 3.84. The average molecular weight is 251 g/mol. The Kier molecular flexibility index (Phi) is 6.74. The Bertz CT molecular complexity index is 343. The summed E-state index contributed by atoms with van der Waals surface area (Å²) in [5.41, 5.74) is 1.30. The molecule has 2 heteroatoms. The lowest BCUT2D eigenvalue weighted by Gasteiger charge is -2.05. The SMILES string of the molecule is [CH2]CCCC=Cc1ccc(SC)c(SC)c1. The first-order valence-corrected chi connectivity index (χ1v) is 7.94. The van der Waals surface area contributed by atoms with Crippen LogP contribution >= 0.6 is 23.5 Å². The Hall–Kier alpha value is -0.340. The molecular weight excluding hydrogens is 232 g/mol. The zero-order valence-electron chi connectivity index (χ0n) is 10.0. The average Bonchev–Trinajstić information content (AvgIpc) is 2.34. The van der Waals surface area contributed by atoms with Crippen molar-refractivity contribution in [3.63, 3.8) is 0 Å². The molecule has 0 saturated carbocycles. The van der Waals surface area contributed by atoms with Gasteiger partial charge in [-0.05, 0) is 43.0 Å². The summed E-state index contributed by atoms with van der Waals surface area (Å²) >= 11 is 3.62. The molecule has 0 amide bonds. The molecule has 0 N–H and O–H groups in total. The summed E-state index contributed by atoms with van der Waals surface area (Å²) in [5.74, 6) is 0. The third kappa shape index (κ3) is 4.26. The molecule has 0 saturated heterocycles. The van der Waals surface area contributed by atoms with E-state index in [2.05, 4.69) is 49.8 Å². The zero-order valence-corrected chi connectivity index (χ0v) is 11.7. The molecule has 87 valence electrons. The van der Waals surface area contributed by atoms with E-state index < -0.39 is 0 Å². The molecule has 0 nitrogen and oxygen atoms in total. The van der Waals surface area contributed by atoms with Crippen molar-refractivity contribution >= 4 is 29.6 Å². The molecule has 1 aromatic rings. The highest BCUT2D eigenvalue weighted by atomic mass is 32.2. The van der Waals surface area contributed by atoms with Gasteiger partial charge in [0.25, 0.3) is 0 Å². The minimum atomic E-state index is 1.02. The molecule has 1 radical (unpaired) electrons. The van der Waals surface area contributed by atoms with Crippen LogP contribution < -0.4 is 0 Å². The lowest BCUT2D eigenvalue weighted by Crippen LogP contribution is -1.79. The van der Waals surface area contributed by atoms with Crippen molar-refractivity contribution in [1.29, 1.82) is 0 Å². The fraction of sp³-hybridized carbons (Fsp3) is 0.357. The van der Waals surface area contributed by atoms with Gasteiger partial charge in [-0.1, -0.05) is 31.6 Å². The summed E-state index contributed by atoms with van der Waals surface area (Å²) in [6.07, 6.45) is 12.0. The van der Waals surface area contributed by atoms with Gasteiger partial charge in [0.15, 0.2) is 0 Å². The molecule has 0 bridgehead atoms. The van der Waals surface area contributed by atoms with Crippen LogP contribution in [-0.4, -0.2) is 12.5 Å². The quantitative estimate of drug-likeness (QED) is 0.506. The molecule has 0 aliphatic rings. The maximum Gasteiger partial charge on any atom is 0.0211 e. The van der Waals surface area contributed by atoms with Crippen molar-refractivity contribution in [2.24, 2.45) is 0 Å². The van der Waals surface area contributed by atoms with Crippen molar-refractivity contribution in [3.05, 3.63) is 36.8 Å². The lowest BCUT2D eigenvalue weighted by atomic mass is 10.2. The summed E-state index contributed by atoms with van der Waals surface area (Å²) in [6.45, 7) is 3.84. The molecule has 16 heavy (non-hydrogen) atoms. The first-order chi connectivity index (χ1) is 7.81. The second-order valence-corrected chi connectivity index (χ2v) is 5.21. The van der Waals surface area contributed by atoms with Crippen LogP contribution in [0.4, 0.5) is 0 Å². The van der Waals surface area contributed by atoms with Crippen LogP contribution in [0.15, 0.2) is 34.1 Å². The Labute approximate surface area is 108 Å².